The summed E-state index contributed by atoms with van der Waals surface area (Å²) in [5.41, 5.74) is 21.4. The molecule has 0 bridgehead atoms. The molecule has 6 heterocycles. The zero-order chi connectivity index (χ0) is 85.6. The normalized spacial score (nSPS) is 10.8. The third-order valence-electron chi connectivity index (χ3n) is 19.1. The molecule has 0 saturated carbocycles. The number of pyridine rings is 3. The first-order chi connectivity index (χ1) is 58.0. The second kappa shape index (κ2) is 43.3. The van der Waals surface area contributed by atoms with Crippen LogP contribution in [0.15, 0.2) is 201 Å². The quantitative estimate of drug-likeness (QED) is 0.00585. The van der Waals surface area contributed by atoms with Crippen LogP contribution in [-0.2, 0) is 74.1 Å². The lowest BCUT2D eigenvalue weighted by Crippen LogP contribution is -2.34. The van der Waals surface area contributed by atoms with Gasteiger partial charge >= 0.3 is 24.0 Å². The summed E-state index contributed by atoms with van der Waals surface area (Å²) in [7, 11) is 5.75. The average molecular weight is 1630 g/mol. The van der Waals surface area contributed by atoms with Gasteiger partial charge in [-0.2, -0.15) is 0 Å². The highest BCUT2D eigenvalue weighted by Crippen LogP contribution is 2.27. The van der Waals surface area contributed by atoms with Gasteiger partial charge < -0.3 is 60.1 Å². The fourth-order valence-electron chi connectivity index (χ4n) is 12.6. The van der Waals surface area contributed by atoms with E-state index in [1.54, 1.807) is 167 Å². The molecule has 0 aliphatic carbocycles. The van der Waals surface area contributed by atoms with Gasteiger partial charge in [0.05, 0.1) is 98.4 Å². The number of benzene rings is 6. The number of amides is 4. The lowest BCUT2D eigenvalue weighted by Gasteiger charge is -2.21. The summed E-state index contributed by atoms with van der Waals surface area (Å²) in [6.45, 7) is 10.3. The van der Waals surface area contributed by atoms with Gasteiger partial charge in [0, 0.05) is 110 Å². The molecule has 32 heteroatoms. The Morgan fingerprint density at radius 1 is 0.392 bits per heavy atom. The number of carbonyl (C=O) groups is 7. The number of rotatable bonds is 35. The van der Waals surface area contributed by atoms with Gasteiger partial charge in [-0.3, -0.25) is 65.0 Å². The molecule has 6 aromatic carbocycles. The van der Waals surface area contributed by atoms with Crippen molar-refractivity contribution >= 4 is 127 Å². The third-order valence-corrected chi connectivity index (χ3v) is 19.1. The van der Waals surface area contributed by atoms with Crippen LogP contribution >= 0.6 is 0 Å². The molecule has 12 rings (SSSR count). The van der Waals surface area contributed by atoms with E-state index in [-0.39, 0.29) is 112 Å². The molecule has 11 N–H and O–H groups in total. The number of anilines is 6. The van der Waals surface area contributed by atoms with E-state index >= 15 is 0 Å². The van der Waals surface area contributed by atoms with Crippen molar-refractivity contribution in [3.05, 3.63) is 251 Å². The number of unbranched alkanes of at least 4 members (excludes halogenated alkanes) is 3. The van der Waals surface area contributed by atoms with E-state index < -0.39 is 6.09 Å². The maximum atomic E-state index is 13.6. The molecule has 0 atom stereocenters. The van der Waals surface area contributed by atoms with Crippen molar-refractivity contribution in [3.63, 3.8) is 0 Å². The largest absolute Gasteiger partial charge is 0.466 e. The number of aromatic nitrogens is 9. The molecular formula is C88H99N21O11. The second-order valence-corrected chi connectivity index (χ2v) is 27.3. The summed E-state index contributed by atoms with van der Waals surface area (Å²) >= 11 is 0. The predicted molar refractivity (Wildman–Crippen MR) is 462 cm³/mol. The molecule has 622 valence electrons. The number of hydrogen-bond donors (Lipinski definition) is 9. The number of esters is 3. The molecule has 4 amide bonds. The smallest absolute Gasteiger partial charge is 0.412 e. The number of nitrogen functional groups attached to an aromatic ring is 2. The lowest BCUT2D eigenvalue weighted by molar-refractivity contribution is -0.143. The van der Waals surface area contributed by atoms with Gasteiger partial charge in [-0.05, 0) is 191 Å². The first kappa shape index (κ1) is 87.7. The van der Waals surface area contributed by atoms with Crippen molar-refractivity contribution in [1.82, 2.24) is 48.9 Å². The molecule has 0 unspecified atom stereocenters. The van der Waals surface area contributed by atoms with E-state index in [1.165, 1.54) is 14.7 Å². The summed E-state index contributed by atoms with van der Waals surface area (Å²) in [6.07, 6.45) is 8.38. The Bertz CT molecular complexity index is 5330. The molecule has 32 nitrogen and oxygen atoms in total. The Morgan fingerprint density at radius 3 is 1.00 bits per heavy atom. The Hall–Kier alpha value is -14.7. The van der Waals surface area contributed by atoms with Crippen LogP contribution in [0, 0.1) is 16.2 Å². The first-order valence-electron chi connectivity index (χ1n) is 39.3. The standard InChI is InChI=1S/C34H41N7O5.2C27H29N7O3/c1-4-6-7-10-21-46-34(44)39-32(35)24-12-15-26(16-13-24)37-23-30-38-27-22-25(14-17-28(27)40(30)3)33(43)41(20-18-31(42)45-5-2)29-11-8-9-19-36-29;2*1-3-37-25(35)13-15-34(23-6-4-5-14-30-23)27(36)19-9-12-22-21(16-19)32-24(33(22)2)17-31-20-10-7-18(8-11-20)26(28)29/h8-9,11-17,19,22,37H,4-7,10,18,20-21,23H2,1-3H3,(H2,35,39,44);2*4-12,14,16,31H,3,13,15,17H2,1-2H3,(H3,28,29). The molecule has 0 radical (unpaired) electrons. The topological polar surface area (TPSA) is 430 Å². The van der Waals surface area contributed by atoms with Crippen molar-refractivity contribution in [2.24, 2.45) is 32.6 Å². The molecule has 0 fully saturated rings. The number of nitrogens with two attached hydrogens (primary N) is 2. The van der Waals surface area contributed by atoms with Crippen LogP contribution in [0.3, 0.4) is 0 Å². The number of hydrogen-bond acceptors (Lipinski definition) is 23. The van der Waals surface area contributed by atoms with Crippen molar-refractivity contribution < 1.29 is 52.5 Å². The third kappa shape index (κ3) is 24.0. The van der Waals surface area contributed by atoms with E-state index in [1.807, 2.05) is 89.4 Å². The number of imidazole rings is 3. The predicted octanol–water partition coefficient (Wildman–Crippen LogP) is 12.7. The maximum Gasteiger partial charge on any atom is 0.412 e. The van der Waals surface area contributed by atoms with Gasteiger partial charge in [-0.1, -0.05) is 44.4 Å². The monoisotopic (exact) mass is 1630 g/mol. The van der Waals surface area contributed by atoms with Gasteiger partial charge in [-0.15, -0.1) is 0 Å². The summed E-state index contributed by atoms with van der Waals surface area (Å²) in [6, 6.07) is 53.7. The van der Waals surface area contributed by atoms with Gasteiger partial charge in [0.2, 0.25) is 0 Å². The fraction of sp³-hybridized carbons (Fsp3) is 0.273. The molecule has 0 spiro atoms. The molecule has 0 saturated heterocycles. The molecular weight excluding hydrogens is 1530 g/mol. The van der Waals surface area contributed by atoms with E-state index in [0.29, 0.717) is 93.6 Å². The highest BCUT2D eigenvalue weighted by atomic mass is 16.6. The lowest BCUT2D eigenvalue weighted by atomic mass is 10.1. The summed E-state index contributed by atoms with van der Waals surface area (Å²) < 4.78 is 26.2. The van der Waals surface area contributed by atoms with Gasteiger partial charge in [0.15, 0.2) is 0 Å². The summed E-state index contributed by atoms with van der Waals surface area (Å²) in [5, 5.41) is 35.7. The van der Waals surface area contributed by atoms with Crippen LogP contribution in [0.1, 0.15) is 138 Å². The van der Waals surface area contributed by atoms with Crippen molar-refractivity contribution in [2.45, 2.75) is 92.3 Å². The number of aryl methyl sites for hydroxylation is 3. The molecule has 6 aromatic heterocycles. The fourth-order valence-corrected chi connectivity index (χ4v) is 12.6. The van der Waals surface area contributed by atoms with Crippen molar-refractivity contribution in [3.8, 4) is 0 Å². The summed E-state index contributed by atoms with van der Waals surface area (Å²) in [4.78, 5) is 120. The highest BCUT2D eigenvalue weighted by Gasteiger charge is 2.26. The number of ether oxygens (including phenoxy) is 4. The number of alkyl carbamates (subject to hydrolysis) is 1. The van der Waals surface area contributed by atoms with Crippen molar-refractivity contribution in [2.75, 3.05) is 76.7 Å². The Balaban J connectivity index is 0.000000191. The number of nitrogens with zero attached hydrogens (tertiary/aromatic N) is 12. The maximum absolute atomic E-state index is 13.6. The number of carbonyl (C=O) groups excluding carboxylic acids is 7. The van der Waals surface area contributed by atoms with E-state index in [2.05, 4.69) is 43.1 Å². The minimum Gasteiger partial charge on any atom is -0.466 e. The average Bonchev–Trinajstić information content (AvgIpc) is 1.64. The van der Waals surface area contributed by atoms with Crippen LogP contribution in [0.5, 0.6) is 0 Å². The number of fused-ring (bicyclic) bond motifs is 3. The van der Waals surface area contributed by atoms with E-state index in [4.69, 9.17) is 61.6 Å². The van der Waals surface area contributed by atoms with Gasteiger partial charge in [-0.25, -0.2) is 34.7 Å². The van der Waals surface area contributed by atoms with Crippen LogP contribution < -0.4 is 47.4 Å². The Labute approximate surface area is 694 Å². The van der Waals surface area contributed by atoms with Gasteiger partial charge in [0.25, 0.3) is 17.7 Å². The summed E-state index contributed by atoms with van der Waals surface area (Å²) in [5.74, 6) is 1.73. The van der Waals surface area contributed by atoms with Crippen molar-refractivity contribution in [1.29, 1.82) is 16.2 Å². The molecule has 120 heavy (non-hydrogen) atoms. The van der Waals surface area contributed by atoms with Crippen LogP contribution in [0.4, 0.5) is 39.3 Å². The molecule has 0 aliphatic heterocycles. The highest BCUT2D eigenvalue weighted by molar-refractivity contribution is 6.10. The zero-order valence-electron chi connectivity index (χ0n) is 68.1. The second-order valence-electron chi connectivity index (χ2n) is 27.3. The van der Waals surface area contributed by atoms with Crippen LogP contribution in [-0.4, -0.2) is 149 Å². The minimum atomic E-state index is -0.628. The SMILES string of the molecule is CCCCCCOC(=O)NC(=N)c1ccc(NCc2nc3cc(C(=O)N(CCC(=O)OCC)c4ccccn4)ccc3n2C)cc1.CCOC(=O)CCN(C(=O)c1ccc2c(c1)nc(CNc1ccc(C(=N)N)cc1)n2C)c1ccccn1.CCOC(=O)CCN(C(=O)c1ccc2c(c1)nc(CNc1ccc(C(=N)N)cc1)n2C)c1ccccn1. The Kier molecular flexibility index (Phi) is 31.6. The van der Waals surface area contributed by atoms with Crippen LogP contribution in [0.25, 0.3) is 33.1 Å². The number of amidine groups is 3. The first-order valence-corrected chi connectivity index (χ1v) is 39.3. The number of nitrogens with one attached hydrogen (secondary N) is 7. The Morgan fingerprint density at radius 2 is 0.708 bits per heavy atom. The van der Waals surface area contributed by atoms with E-state index in [0.717, 1.165) is 76.8 Å². The van der Waals surface area contributed by atoms with Gasteiger partial charge in [0.1, 0.15) is 52.4 Å². The zero-order valence-corrected chi connectivity index (χ0v) is 68.1. The van der Waals surface area contributed by atoms with Crippen LogP contribution in [0.2, 0.25) is 0 Å². The minimum absolute atomic E-state index is 0.0229. The van der Waals surface area contributed by atoms with E-state index in [9.17, 15) is 33.6 Å². The molecule has 0 aliphatic rings. The molecule has 12 aromatic rings.